The largest absolute Gasteiger partial charge is 0.461 e. The molecule has 2 aromatic carbocycles. The molecule has 0 aromatic heterocycles. The van der Waals surface area contributed by atoms with Crippen molar-refractivity contribution >= 4 is 12.3 Å². The summed E-state index contributed by atoms with van der Waals surface area (Å²) >= 11 is 0. The lowest BCUT2D eigenvalue weighted by Gasteiger charge is -2.12. The molecule has 0 radical (unpaired) electrons. The number of hydrogen-bond acceptors (Lipinski definition) is 5. The number of carbonyl (C=O) groups excluding carboxylic acids is 2. The fourth-order valence-corrected chi connectivity index (χ4v) is 1.87. The number of hydrogen-bond donors (Lipinski definition) is 0. The summed E-state index contributed by atoms with van der Waals surface area (Å²) in [5.41, 5.74) is 2.28. The van der Waals surface area contributed by atoms with Gasteiger partial charge in [-0.05, 0) is 36.8 Å². The molecule has 2 aromatic rings. The second-order valence-corrected chi connectivity index (χ2v) is 4.99. The molecule has 0 saturated heterocycles. The van der Waals surface area contributed by atoms with Crippen LogP contribution in [-0.2, 0) is 16.1 Å². The molecule has 120 valence electrons. The first-order chi connectivity index (χ1) is 11.1. The monoisotopic (exact) mass is 314 g/mol. The molecule has 0 unspecified atom stereocenters. The van der Waals surface area contributed by atoms with Crippen LogP contribution in [0.2, 0.25) is 0 Å². The molecular formula is C18H18O5. The summed E-state index contributed by atoms with van der Waals surface area (Å²) in [4.78, 5) is 21.9. The number of aldehydes is 1. The zero-order chi connectivity index (χ0) is 16.7. The predicted octanol–water partition coefficient (Wildman–Crippen LogP) is 3.29. The van der Waals surface area contributed by atoms with Crippen molar-refractivity contribution in [3.05, 3.63) is 59.2 Å². The topological polar surface area (TPSA) is 61.8 Å². The van der Waals surface area contributed by atoms with Gasteiger partial charge in [-0.25, -0.2) is 0 Å². The van der Waals surface area contributed by atoms with Gasteiger partial charge in [-0.1, -0.05) is 23.8 Å². The smallest absolute Gasteiger partial charge is 0.302 e. The van der Waals surface area contributed by atoms with Crippen LogP contribution in [0.15, 0.2) is 42.5 Å². The van der Waals surface area contributed by atoms with Gasteiger partial charge in [-0.3, -0.25) is 9.59 Å². The second kappa shape index (κ2) is 7.98. The summed E-state index contributed by atoms with van der Waals surface area (Å²) in [6.45, 7) is 3.43. The van der Waals surface area contributed by atoms with E-state index in [4.69, 9.17) is 14.2 Å². The molecule has 0 aliphatic carbocycles. The Labute approximate surface area is 134 Å². The van der Waals surface area contributed by atoms with E-state index in [-0.39, 0.29) is 19.4 Å². The average molecular weight is 314 g/mol. The highest BCUT2D eigenvalue weighted by Gasteiger charge is 2.06. The van der Waals surface area contributed by atoms with Crippen LogP contribution in [0.1, 0.15) is 28.4 Å². The fourth-order valence-electron chi connectivity index (χ4n) is 1.87. The van der Waals surface area contributed by atoms with E-state index < -0.39 is 0 Å². The van der Waals surface area contributed by atoms with Gasteiger partial charge in [0.2, 0.25) is 6.79 Å². The van der Waals surface area contributed by atoms with Crippen LogP contribution in [-0.4, -0.2) is 19.0 Å². The Morgan fingerprint density at radius 1 is 1.09 bits per heavy atom. The number of esters is 1. The molecule has 0 spiro atoms. The minimum Gasteiger partial charge on any atom is -0.461 e. The molecule has 0 bridgehead atoms. The van der Waals surface area contributed by atoms with Gasteiger partial charge in [0.05, 0.1) is 5.56 Å². The Bertz CT molecular complexity index is 676. The van der Waals surface area contributed by atoms with E-state index in [1.807, 2.05) is 31.2 Å². The Balaban J connectivity index is 1.99. The first kappa shape index (κ1) is 16.5. The van der Waals surface area contributed by atoms with E-state index in [2.05, 4.69) is 0 Å². The van der Waals surface area contributed by atoms with Gasteiger partial charge in [-0.2, -0.15) is 0 Å². The summed E-state index contributed by atoms with van der Waals surface area (Å²) in [6.07, 6.45) is 0.705. The summed E-state index contributed by atoms with van der Waals surface area (Å²) in [7, 11) is 0. The maximum atomic E-state index is 11.1. The molecule has 2 rings (SSSR count). The normalized spacial score (nSPS) is 10.0. The van der Waals surface area contributed by atoms with Crippen molar-refractivity contribution in [1.29, 1.82) is 0 Å². The Hall–Kier alpha value is -2.82. The molecule has 5 heteroatoms. The standard InChI is InChI=1S/C18H18O5/c1-13-3-7-17(8-4-13)22-12-23-18-9-15(11-21-14(2)20)5-6-16(18)10-19/h3-10H,11-12H2,1-2H3. The van der Waals surface area contributed by atoms with Crippen molar-refractivity contribution in [2.24, 2.45) is 0 Å². The van der Waals surface area contributed by atoms with Crippen LogP contribution in [0.5, 0.6) is 11.5 Å². The highest BCUT2D eigenvalue weighted by molar-refractivity contribution is 5.79. The molecule has 23 heavy (non-hydrogen) atoms. The third-order valence-corrected chi connectivity index (χ3v) is 3.11. The maximum Gasteiger partial charge on any atom is 0.302 e. The van der Waals surface area contributed by atoms with Crippen molar-refractivity contribution in [2.45, 2.75) is 20.5 Å². The third kappa shape index (κ3) is 5.14. The molecule has 5 nitrogen and oxygen atoms in total. The Kier molecular flexibility index (Phi) is 5.74. The lowest BCUT2D eigenvalue weighted by atomic mass is 10.1. The van der Waals surface area contributed by atoms with Crippen LogP contribution in [0.3, 0.4) is 0 Å². The lowest BCUT2D eigenvalue weighted by Crippen LogP contribution is -2.08. The van der Waals surface area contributed by atoms with Crippen LogP contribution in [0.25, 0.3) is 0 Å². The number of rotatable bonds is 7. The van der Waals surface area contributed by atoms with Gasteiger partial charge >= 0.3 is 5.97 Å². The first-order valence-corrected chi connectivity index (χ1v) is 7.12. The van der Waals surface area contributed by atoms with Gasteiger partial charge in [0.15, 0.2) is 6.29 Å². The van der Waals surface area contributed by atoms with Gasteiger partial charge < -0.3 is 14.2 Å². The van der Waals surface area contributed by atoms with Crippen molar-refractivity contribution in [3.63, 3.8) is 0 Å². The minimum atomic E-state index is -0.366. The maximum absolute atomic E-state index is 11.1. The SMILES string of the molecule is CC(=O)OCc1ccc(C=O)c(OCOc2ccc(C)cc2)c1. The minimum absolute atomic E-state index is 0.0269. The van der Waals surface area contributed by atoms with E-state index in [1.165, 1.54) is 6.92 Å². The van der Waals surface area contributed by atoms with Crippen LogP contribution < -0.4 is 9.47 Å². The average Bonchev–Trinajstić information content (AvgIpc) is 2.55. The van der Waals surface area contributed by atoms with Crippen LogP contribution in [0, 0.1) is 6.92 Å². The number of benzene rings is 2. The number of carbonyl (C=O) groups is 2. The molecule has 0 aliphatic rings. The van der Waals surface area contributed by atoms with Crippen LogP contribution >= 0.6 is 0 Å². The van der Waals surface area contributed by atoms with Gasteiger partial charge in [0.1, 0.15) is 18.1 Å². The highest BCUT2D eigenvalue weighted by Crippen LogP contribution is 2.20. The van der Waals surface area contributed by atoms with Gasteiger partial charge in [0.25, 0.3) is 0 Å². The van der Waals surface area contributed by atoms with Gasteiger partial charge in [0, 0.05) is 6.92 Å². The van der Waals surface area contributed by atoms with E-state index in [9.17, 15) is 9.59 Å². The summed E-state index contributed by atoms with van der Waals surface area (Å²) in [6, 6.07) is 12.5. The van der Waals surface area contributed by atoms with Crippen molar-refractivity contribution in [2.75, 3.05) is 6.79 Å². The summed E-state index contributed by atoms with van der Waals surface area (Å²) in [5, 5.41) is 0. The van der Waals surface area contributed by atoms with Gasteiger partial charge in [-0.15, -0.1) is 0 Å². The molecule has 0 amide bonds. The Morgan fingerprint density at radius 2 is 1.83 bits per heavy atom. The quantitative estimate of drug-likeness (QED) is 0.446. The molecule has 0 aliphatic heterocycles. The first-order valence-electron chi connectivity index (χ1n) is 7.12. The molecule has 0 saturated carbocycles. The molecule has 0 fully saturated rings. The number of aryl methyl sites for hydroxylation is 1. The fraction of sp³-hybridized carbons (Fsp3) is 0.222. The summed E-state index contributed by atoms with van der Waals surface area (Å²) in [5.74, 6) is 0.700. The zero-order valence-corrected chi connectivity index (χ0v) is 13.1. The van der Waals surface area contributed by atoms with E-state index >= 15 is 0 Å². The second-order valence-electron chi connectivity index (χ2n) is 4.99. The molecular weight excluding hydrogens is 296 g/mol. The van der Waals surface area contributed by atoms with Crippen molar-refractivity contribution in [3.8, 4) is 11.5 Å². The predicted molar refractivity (Wildman–Crippen MR) is 84.6 cm³/mol. The molecule has 0 atom stereocenters. The van der Waals surface area contributed by atoms with Crippen LogP contribution in [0.4, 0.5) is 0 Å². The van der Waals surface area contributed by atoms with E-state index in [1.54, 1.807) is 18.2 Å². The molecule has 0 heterocycles. The Morgan fingerprint density at radius 3 is 2.48 bits per heavy atom. The summed E-state index contributed by atoms with van der Waals surface area (Å²) < 4.78 is 15.9. The molecule has 0 N–H and O–H groups in total. The highest BCUT2D eigenvalue weighted by atomic mass is 16.7. The zero-order valence-electron chi connectivity index (χ0n) is 13.1. The van der Waals surface area contributed by atoms with E-state index in [0.717, 1.165) is 11.1 Å². The number of ether oxygens (including phenoxy) is 3. The van der Waals surface area contributed by atoms with Crippen molar-refractivity contribution in [1.82, 2.24) is 0 Å². The van der Waals surface area contributed by atoms with E-state index in [0.29, 0.717) is 23.3 Å². The van der Waals surface area contributed by atoms with Crippen molar-refractivity contribution < 1.29 is 23.8 Å². The third-order valence-electron chi connectivity index (χ3n) is 3.11. The lowest BCUT2D eigenvalue weighted by molar-refractivity contribution is -0.142.